The molecule has 0 aliphatic heterocycles. The van der Waals surface area contributed by atoms with Gasteiger partial charge in [0.25, 0.3) is 0 Å². The summed E-state index contributed by atoms with van der Waals surface area (Å²) in [5, 5.41) is 0.0817. The first-order valence-electron chi connectivity index (χ1n) is 5.32. The standard InChI is InChI=1S/C14H10ClF3/c1-9-2-4-10(5-3-9)12-7-6-11(15)8-13(12)14(16,17)18/h2-8H,1H3. The van der Waals surface area contributed by atoms with Crippen molar-refractivity contribution in [2.24, 2.45) is 0 Å². The zero-order chi connectivity index (χ0) is 13.3. The van der Waals surface area contributed by atoms with Gasteiger partial charge in [0.2, 0.25) is 0 Å². The van der Waals surface area contributed by atoms with Crippen LogP contribution in [0.5, 0.6) is 0 Å². The molecule has 0 heterocycles. The minimum Gasteiger partial charge on any atom is -0.166 e. The molecule has 0 aliphatic rings. The third-order valence-electron chi connectivity index (χ3n) is 2.65. The normalized spacial score (nSPS) is 11.6. The van der Waals surface area contributed by atoms with Crippen LogP contribution in [-0.2, 0) is 6.18 Å². The minimum atomic E-state index is -4.41. The summed E-state index contributed by atoms with van der Waals surface area (Å²) in [4.78, 5) is 0. The fourth-order valence-corrected chi connectivity index (χ4v) is 1.91. The summed E-state index contributed by atoms with van der Waals surface area (Å²) in [6.45, 7) is 1.89. The summed E-state index contributed by atoms with van der Waals surface area (Å²) in [7, 11) is 0. The quantitative estimate of drug-likeness (QED) is 0.657. The summed E-state index contributed by atoms with van der Waals surface area (Å²) in [6.07, 6.45) is -4.41. The van der Waals surface area contributed by atoms with E-state index < -0.39 is 11.7 Å². The van der Waals surface area contributed by atoms with Gasteiger partial charge < -0.3 is 0 Å². The van der Waals surface area contributed by atoms with E-state index >= 15 is 0 Å². The Balaban J connectivity index is 2.60. The Morgan fingerprint density at radius 3 is 2.11 bits per heavy atom. The topological polar surface area (TPSA) is 0 Å². The summed E-state index contributed by atoms with van der Waals surface area (Å²) in [6, 6.07) is 10.7. The average molecular weight is 271 g/mol. The van der Waals surface area contributed by atoms with Crippen LogP contribution in [0, 0.1) is 6.92 Å². The van der Waals surface area contributed by atoms with Crippen LogP contribution >= 0.6 is 11.6 Å². The number of rotatable bonds is 1. The van der Waals surface area contributed by atoms with Crippen molar-refractivity contribution in [3.8, 4) is 11.1 Å². The highest BCUT2D eigenvalue weighted by atomic mass is 35.5. The van der Waals surface area contributed by atoms with Gasteiger partial charge in [0, 0.05) is 5.02 Å². The maximum absolute atomic E-state index is 12.9. The van der Waals surface area contributed by atoms with E-state index in [9.17, 15) is 13.2 Å². The molecule has 0 N–H and O–H groups in total. The Morgan fingerprint density at radius 2 is 1.56 bits per heavy atom. The highest BCUT2D eigenvalue weighted by molar-refractivity contribution is 6.30. The van der Waals surface area contributed by atoms with Crippen molar-refractivity contribution in [3.05, 3.63) is 58.6 Å². The molecule has 0 nitrogen and oxygen atoms in total. The molecule has 0 bridgehead atoms. The molecule has 2 rings (SSSR count). The van der Waals surface area contributed by atoms with Crippen LogP contribution in [0.15, 0.2) is 42.5 Å². The van der Waals surface area contributed by atoms with Gasteiger partial charge in [-0.3, -0.25) is 0 Å². The van der Waals surface area contributed by atoms with Crippen LogP contribution < -0.4 is 0 Å². The molecule has 0 aliphatic carbocycles. The molecule has 2 aromatic carbocycles. The zero-order valence-electron chi connectivity index (χ0n) is 9.55. The number of alkyl halides is 3. The van der Waals surface area contributed by atoms with Gasteiger partial charge >= 0.3 is 6.18 Å². The molecule has 4 heteroatoms. The van der Waals surface area contributed by atoms with Gasteiger partial charge in [-0.1, -0.05) is 47.5 Å². The predicted octanol–water partition coefficient (Wildman–Crippen LogP) is 5.33. The molecular weight excluding hydrogens is 261 g/mol. The Hall–Kier alpha value is -1.48. The molecule has 94 valence electrons. The van der Waals surface area contributed by atoms with Gasteiger partial charge in [-0.25, -0.2) is 0 Å². The van der Waals surface area contributed by atoms with Crippen molar-refractivity contribution >= 4 is 11.6 Å². The van der Waals surface area contributed by atoms with E-state index in [4.69, 9.17) is 11.6 Å². The van der Waals surface area contributed by atoms with Gasteiger partial charge in [0.05, 0.1) is 5.56 Å². The van der Waals surface area contributed by atoms with Crippen LogP contribution in [0.25, 0.3) is 11.1 Å². The van der Waals surface area contributed by atoms with Crippen LogP contribution in [0.1, 0.15) is 11.1 Å². The Labute approximate surface area is 108 Å². The molecule has 2 aromatic rings. The molecule has 0 saturated heterocycles. The molecule has 0 unspecified atom stereocenters. The van der Waals surface area contributed by atoms with Crippen LogP contribution in [-0.4, -0.2) is 0 Å². The Bertz CT molecular complexity index is 556. The molecule has 0 radical (unpaired) electrons. The monoisotopic (exact) mass is 270 g/mol. The molecule has 0 fully saturated rings. The lowest BCUT2D eigenvalue weighted by molar-refractivity contribution is -0.137. The van der Waals surface area contributed by atoms with E-state index in [0.29, 0.717) is 5.56 Å². The average Bonchev–Trinajstić information content (AvgIpc) is 2.29. The zero-order valence-corrected chi connectivity index (χ0v) is 10.3. The maximum Gasteiger partial charge on any atom is 0.417 e. The first-order valence-corrected chi connectivity index (χ1v) is 5.69. The van der Waals surface area contributed by atoms with Crippen molar-refractivity contribution < 1.29 is 13.2 Å². The van der Waals surface area contributed by atoms with E-state index in [0.717, 1.165) is 11.6 Å². The first kappa shape index (κ1) is 13.0. The van der Waals surface area contributed by atoms with Crippen molar-refractivity contribution in [1.29, 1.82) is 0 Å². The fraction of sp³-hybridized carbons (Fsp3) is 0.143. The van der Waals surface area contributed by atoms with E-state index in [1.54, 1.807) is 24.3 Å². The Morgan fingerprint density at radius 1 is 0.944 bits per heavy atom. The number of halogens is 4. The second kappa shape index (κ2) is 4.65. The first-order chi connectivity index (χ1) is 8.38. The predicted molar refractivity (Wildman–Crippen MR) is 66.6 cm³/mol. The number of hydrogen-bond donors (Lipinski definition) is 0. The van der Waals surface area contributed by atoms with Crippen LogP contribution in [0.2, 0.25) is 5.02 Å². The summed E-state index contributed by atoms with van der Waals surface area (Å²) < 4.78 is 38.8. The molecular formula is C14H10ClF3. The highest BCUT2D eigenvalue weighted by Gasteiger charge is 2.33. The van der Waals surface area contributed by atoms with Gasteiger partial charge in [0.1, 0.15) is 0 Å². The lowest BCUT2D eigenvalue weighted by atomic mass is 9.98. The summed E-state index contributed by atoms with van der Waals surface area (Å²) in [5.74, 6) is 0. The fourth-order valence-electron chi connectivity index (χ4n) is 1.74. The van der Waals surface area contributed by atoms with Gasteiger partial charge in [-0.05, 0) is 30.2 Å². The van der Waals surface area contributed by atoms with E-state index in [1.165, 1.54) is 12.1 Å². The number of aryl methyl sites for hydroxylation is 1. The second-order valence-electron chi connectivity index (χ2n) is 4.05. The SMILES string of the molecule is Cc1ccc(-c2ccc(Cl)cc2C(F)(F)F)cc1. The second-order valence-corrected chi connectivity index (χ2v) is 4.49. The number of benzene rings is 2. The third-order valence-corrected chi connectivity index (χ3v) is 2.88. The molecule has 0 aromatic heterocycles. The van der Waals surface area contributed by atoms with Crippen LogP contribution in [0.3, 0.4) is 0 Å². The van der Waals surface area contributed by atoms with Gasteiger partial charge in [-0.15, -0.1) is 0 Å². The van der Waals surface area contributed by atoms with Crippen molar-refractivity contribution in [2.75, 3.05) is 0 Å². The van der Waals surface area contributed by atoms with Crippen LogP contribution in [0.4, 0.5) is 13.2 Å². The van der Waals surface area contributed by atoms with E-state index in [1.807, 2.05) is 6.92 Å². The molecule has 18 heavy (non-hydrogen) atoms. The van der Waals surface area contributed by atoms with E-state index in [-0.39, 0.29) is 10.6 Å². The molecule has 0 saturated carbocycles. The third kappa shape index (κ3) is 2.67. The summed E-state index contributed by atoms with van der Waals surface area (Å²) >= 11 is 5.64. The number of hydrogen-bond acceptors (Lipinski definition) is 0. The lowest BCUT2D eigenvalue weighted by Crippen LogP contribution is -2.07. The van der Waals surface area contributed by atoms with Crippen molar-refractivity contribution in [3.63, 3.8) is 0 Å². The Kier molecular flexibility index (Phi) is 3.35. The van der Waals surface area contributed by atoms with Gasteiger partial charge in [0.15, 0.2) is 0 Å². The largest absolute Gasteiger partial charge is 0.417 e. The summed E-state index contributed by atoms with van der Waals surface area (Å²) in [5.41, 5.74) is 0.969. The van der Waals surface area contributed by atoms with Crippen molar-refractivity contribution in [1.82, 2.24) is 0 Å². The minimum absolute atomic E-state index is 0.0817. The molecule has 0 atom stereocenters. The van der Waals surface area contributed by atoms with Crippen molar-refractivity contribution in [2.45, 2.75) is 13.1 Å². The van der Waals surface area contributed by atoms with Gasteiger partial charge in [-0.2, -0.15) is 13.2 Å². The molecule has 0 amide bonds. The maximum atomic E-state index is 12.9. The lowest BCUT2D eigenvalue weighted by Gasteiger charge is -2.13. The molecule has 0 spiro atoms. The highest BCUT2D eigenvalue weighted by Crippen LogP contribution is 2.38. The van der Waals surface area contributed by atoms with E-state index in [2.05, 4.69) is 0 Å². The smallest absolute Gasteiger partial charge is 0.166 e.